The lowest BCUT2D eigenvalue weighted by molar-refractivity contribution is 0.00578. The molecule has 0 aromatic carbocycles. The lowest BCUT2D eigenvalue weighted by Gasteiger charge is -2.32. The summed E-state index contributed by atoms with van der Waals surface area (Å²) in [5, 5.41) is 0. The van der Waals surface area contributed by atoms with E-state index in [0.717, 1.165) is 11.0 Å². The summed E-state index contributed by atoms with van der Waals surface area (Å²) in [6.45, 7) is 9.80. The Morgan fingerprint density at radius 1 is 1.12 bits per heavy atom. The van der Waals surface area contributed by atoms with Crippen LogP contribution in [-0.4, -0.2) is 28.3 Å². The van der Waals surface area contributed by atoms with Crippen molar-refractivity contribution in [2.24, 2.45) is 0 Å². The molecule has 0 saturated carbocycles. The monoisotopic (exact) mass is 330 g/mol. The largest absolute Gasteiger partial charge is 0.496 e. The van der Waals surface area contributed by atoms with Crippen molar-refractivity contribution in [1.82, 2.24) is 9.97 Å². The van der Waals surface area contributed by atoms with E-state index in [1.807, 2.05) is 34.6 Å². The minimum atomic E-state index is -0.556. The Bertz CT molecular complexity index is 751. The van der Waals surface area contributed by atoms with Crippen LogP contribution in [0.4, 0.5) is 4.39 Å². The van der Waals surface area contributed by atoms with Crippen LogP contribution in [0.2, 0.25) is 0 Å². The minimum absolute atomic E-state index is 0.0894. The fourth-order valence-electron chi connectivity index (χ4n) is 2.38. The zero-order chi connectivity index (χ0) is 17.5. The number of nitrogens with zero attached hydrogens (tertiary/aromatic N) is 2. The van der Waals surface area contributed by atoms with E-state index in [4.69, 9.17) is 14.0 Å². The van der Waals surface area contributed by atoms with Crippen molar-refractivity contribution in [3.05, 3.63) is 42.1 Å². The summed E-state index contributed by atoms with van der Waals surface area (Å²) in [4.78, 5) is 8.08. The third kappa shape index (κ3) is 2.89. The highest BCUT2D eigenvalue weighted by Crippen LogP contribution is 2.37. The third-order valence-corrected chi connectivity index (χ3v) is 4.65. The first-order valence-corrected chi connectivity index (χ1v) is 7.80. The zero-order valence-electron chi connectivity index (χ0n) is 14.5. The average molecular weight is 330 g/mol. The second-order valence-corrected chi connectivity index (χ2v) is 6.83. The Hall–Kier alpha value is -1.99. The lowest BCUT2D eigenvalue weighted by Crippen LogP contribution is -2.41. The molecule has 2 aromatic rings. The van der Waals surface area contributed by atoms with Crippen LogP contribution >= 0.6 is 0 Å². The van der Waals surface area contributed by atoms with Gasteiger partial charge in [0, 0.05) is 17.9 Å². The van der Waals surface area contributed by atoms with Crippen LogP contribution in [0.25, 0.3) is 0 Å². The molecule has 7 heteroatoms. The maximum atomic E-state index is 13.8. The molecule has 0 spiro atoms. The van der Waals surface area contributed by atoms with Crippen molar-refractivity contribution >= 4 is 12.6 Å². The molecule has 3 heterocycles. The molecule has 0 atom stereocenters. The first kappa shape index (κ1) is 16.9. The van der Waals surface area contributed by atoms with Gasteiger partial charge in [-0.15, -0.1) is 0 Å². The van der Waals surface area contributed by atoms with Gasteiger partial charge in [-0.1, -0.05) is 0 Å². The summed E-state index contributed by atoms with van der Waals surface area (Å²) in [6.07, 6.45) is 4.68. The van der Waals surface area contributed by atoms with Crippen LogP contribution in [0, 0.1) is 12.7 Å². The molecular formula is C17H20BFN2O3. The molecule has 2 aromatic heterocycles. The van der Waals surface area contributed by atoms with E-state index in [0.29, 0.717) is 5.75 Å². The molecule has 1 aliphatic rings. The van der Waals surface area contributed by atoms with Crippen molar-refractivity contribution in [2.75, 3.05) is 0 Å². The van der Waals surface area contributed by atoms with Crippen molar-refractivity contribution < 1.29 is 18.4 Å². The van der Waals surface area contributed by atoms with Gasteiger partial charge in [-0.3, -0.25) is 4.98 Å². The maximum absolute atomic E-state index is 13.8. The maximum Gasteiger partial charge on any atom is 0.496 e. The van der Waals surface area contributed by atoms with Crippen LogP contribution in [0.3, 0.4) is 0 Å². The Balaban J connectivity index is 1.91. The van der Waals surface area contributed by atoms with Crippen LogP contribution in [0.15, 0.2) is 30.7 Å². The molecule has 0 unspecified atom stereocenters. The number of hydrogen-bond acceptors (Lipinski definition) is 5. The summed E-state index contributed by atoms with van der Waals surface area (Å²) in [5.41, 5.74) is 0.623. The van der Waals surface area contributed by atoms with Crippen LogP contribution < -0.4 is 10.2 Å². The first-order valence-electron chi connectivity index (χ1n) is 7.80. The fraction of sp³-hybridized carbons (Fsp3) is 0.412. The van der Waals surface area contributed by atoms with Crippen LogP contribution in [0.5, 0.6) is 11.6 Å². The minimum Gasteiger partial charge on any atom is -0.435 e. The highest BCUT2D eigenvalue weighted by atomic mass is 19.1. The Morgan fingerprint density at radius 3 is 2.42 bits per heavy atom. The van der Waals surface area contributed by atoms with Crippen molar-refractivity contribution in [1.29, 1.82) is 0 Å². The second-order valence-electron chi connectivity index (χ2n) is 6.83. The highest BCUT2D eigenvalue weighted by molar-refractivity contribution is 6.62. The quantitative estimate of drug-likeness (QED) is 0.810. The van der Waals surface area contributed by atoms with Gasteiger partial charge in [-0.05, 0) is 52.3 Å². The first-order chi connectivity index (χ1) is 11.2. The molecule has 126 valence electrons. The zero-order valence-corrected chi connectivity index (χ0v) is 14.5. The molecule has 3 rings (SSSR count). The molecule has 1 saturated heterocycles. The topological polar surface area (TPSA) is 53.5 Å². The lowest BCUT2D eigenvalue weighted by atomic mass is 9.77. The molecule has 1 fully saturated rings. The normalized spacial score (nSPS) is 18.7. The van der Waals surface area contributed by atoms with E-state index < -0.39 is 24.1 Å². The van der Waals surface area contributed by atoms with E-state index >= 15 is 0 Å². The van der Waals surface area contributed by atoms with E-state index in [-0.39, 0.29) is 5.88 Å². The Kier molecular flexibility index (Phi) is 4.09. The highest BCUT2D eigenvalue weighted by Gasteiger charge is 2.52. The Labute approximate surface area is 141 Å². The van der Waals surface area contributed by atoms with Gasteiger partial charge in [-0.2, -0.15) is 0 Å². The van der Waals surface area contributed by atoms with Crippen LogP contribution in [-0.2, 0) is 9.31 Å². The molecule has 24 heavy (non-hydrogen) atoms. The van der Waals surface area contributed by atoms with Gasteiger partial charge in [0.05, 0.1) is 17.4 Å². The molecule has 0 bridgehead atoms. The van der Waals surface area contributed by atoms with E-state index in [2.05, 4.69) is 9.97 Å². The van der Waals surface area contributed by atoms with Gasteiger partial charge in [0.1, 0.15) is 5.75 Å². The van der Waals surface area contributed by atoms with E-state index in [1.54, 1.807) is 6.20 Å². The molecule has 0 aliphatic carbocycles. The van der Waals surface area contributed by atoms with Gasteiger partial charge < -0.3 is 14.0 Å². The Morgan fingerprint density at radius 2 is 1.79 bits per heavy atom. The van der Waals surface area contributed by atoms with Crippen molar-refractivity contribution in [3.63, 3.8) is 0 Å². The van der Waals surface area contributed by atoms with Crippen molar-refractivity contribution in [3.8, 4) is 11.6 Å². The van der Waals surface area contributed by atoms with Crippen LogP contribution in [0.1, 0.15) is 33.3 Å². The SMILES string of the molecule is Cc1c(Oc2ncccc2F)cncc1B1OC(C)(C)C(C)(C)O1. The summed E-state index contributed by atoms with van der Waals surface area (Å²) >= 11 is 0. The number of hydrogen-bond donors (Lipinski definition) is 0. The van der Waals surface area contributed by atoms with Gasteiger partial charge in [0.2, 0.25) is 0 Å². The standard InChI is InChI=1S/C17H20BFN2O3/c1-11-12(18-23-16(2,3)17(4,5)24-18)9-20-10-14(11)22-15-13(19)7-6-8-21-15/h6-10H,1-5H3. The fourth-order valence-corrected chi connectivity index (χ4v) is 2.38. The third-order valence-electron chi connectivity index (χ3n) is 4.65. The molecule has 1 aliphatic heterocycles. The molecular weight excluding hydrogens is 310 g/mol. The number of ether oxygens (including phenoxy) is 1. The summed E-state index contributed by atoms with van der Waals surface area (Å²) in [7, 11) is -0.556. The van der Waals surface area contributed by atoms with Crippen molar-refractivity contribution in [2.45, 2.75) is 45.8 Å². The summed E-state index contributed by atoms with van der Waals surface area (Å²) < 4.78 is 31.4. The predicted molar refractivity (Wildman–Crippen MR) is 89.0 cm³/mol. The molecule has 0 N–H and O–H groups in total. The number of aromatic nitrogens is 2. The van der Waals surface area contributed by atoms with Gasteiger partial charge in [-0.25, -0.2) is 9.37 Å². The van der Waals surface area contributed by atoms with Gasteiger partial charge >= 0.3 is 7.12 Å². The number of rotatable bonds is 3. The molecule has 0 radical (unpaired) electrons. The van der Waals surface area contributed by atoms with Gasteiger partial charge in [0.15, 0.2) is 5.82 Å². The molecule has 5 nitrogen and oxygen atoms in total. The van der Waals surface area contributed by atoms with E-state index in [9.17, 15) is 4.39 Å². The summed E-state index contributed by atoms with van der Waals surface area (Å²) in [6, 6.07) is 2.80. The second kappa shape index (κ2) is 5.83. The smallest absolute Gasteiger partial charge is 0.435 e. The average Bonchev–Trinajstić information content (AvgIpc) is 2.71. The summed E-state index contributed by atoms with van der Waals surface area (Å²) in [5.74, 6) is -0.203. The molecule has 0 amide bonds. The van der Waals surface area contributed by atoms with E-state index in [1.165, 1.54) is 24.5 Å². The predicted octanol–water partition coefficient (Wildman–Crippen LogP) is 3.02. The number of halogens is 1. The van der Waals surface area contributed by atoms with Gasteiger partial charge in [0.25, 0.3) is 5.88 Å². The number of pyridine rings is 2.